The van der Waals surface area contributed by atoms with Crippen molar-refractivity contribution in [2.75, 3.05) is 0 Å². The number of allylic oxidation sites excluding steroid dienone is 2. The average Bonchev–Trinajstić information content (AvgIpc) is 2.46. The molecule has 15 heavy (non-hydrogen) atoms. The summed E-state index contributed by atoms with van der Waals surface area (Å²) in [6, 6.07) is 2.00. The lowest BCUT2D eigenvalue weighted by Crippen LogP contribution is -2.05. The molecule has 0 aliphatic carbocycles. The van der Waals surface area contributed by atoms with Gasteiger partial charge in [-0.2, -0.15) is 5.10 Å². The van der Waals surface area contributed by atoms with Crippen molar-refractivity contribution in [1.82, 2.24) is 9.78 Å². The van der Waals surface area contributed by atoms with E-state index in [1.165, 1.54) is 0 Å². The summed E-state index contributed by atoms with van der Waals surface area (Å²) in [5.41, 5.74) is 3.06. The van der Waals surface area contributed by atoms with E-state index in [0.717, 1.165) is 23.4 Å². The predicted octanol–water partition coefficient (Wildman–Crippen LogP) is 2.06. The summed E-state index contributed by atoms with van der Waals surface area (Å²) in [6.45, 7) is 5.92. The van der Waals surface area contributed by atoms with Gasteiger partial charge in [0.15, 0.2) is 5.78 Å². The molecule has 0 aromatic carbocycles. The van der Waals surface area contributed by atoms with Gasteiger partial charge in [0, 0.05) is 12.7 Å². The van der Waals surface area contributed by atoms with Gasteiger partial charge < -0.3 is 0 Å². The smallest absolute Gasteiger partial charge is 0.161 e. The van der Waals surface area contributed by atoms with Crippen molar-refractivity contribution in [2.24, 2.45) is 7.05 Å². The summed E-state index contributed by atoms with van der Waals surface area (Å²) < 4.78 is 1.79. The van der Waals surface area contributed by atoms with Gasteiger partial charge in [0.05, 0.1) is 12.1 Å². The van der Waals surface area contributed by atoms with Crippen LogP contribution in [-0.4, -0.2) is 15.6 Å². The molecule has 3 heteroatoms. The molecular formula is C12H18N2O. The Morgan fingerprint density at radius 2 is 2.20 bits per heavy atom. The summed E-state index contributed by atoms with van der Waals surface area (Å²) in [5.74, 6) is 0.139. The first-order chi connectivity index (χ1) is 7.02. The molecule has 0 unspecified atom stereocenters. The minimum Gasteiger partial charge on any atom is -0.294 e. The van der Waals surface area contributed by atoms with Crippen molar-refractivity contribution >= 4 is 5.78 Å². The number of nitrogens with zero attached hydrogens (tertiary/aromatic N) is 2. The fourth-order valence-corrected chi connectivity index (χ4v) is 1.46. The van der Waals surface area contributed by atoms with Crippen LogP contribution in [0, 0.1) is 0 Å². The highest BCUT2D eigenvalue weighted by atomic mass is 16.1. The van der Waals surface area contributed by atoms with Crippen LogP contribution in [-0.2, 0) is 24.7 Å². The van der Waals surface area contributed by atoms with Crippen LogP contribution >= 0.6 is 0 Å². The number of aryl methyl sites for hydroxylation is 2. The maximum Gasteiger partial charge on any atom is 0.161 e. The van der Waals surface area contributed by atoms with E-state index in [0.29, 0.717) is 6.42 Å². The van der Waals surface area contributed by atoms with Crippen LogP contribution < -0.4 is 0 Å². The second-order valence-electron chi connectivity index (χ2n) is 3.97. The molecule has 1 aromatic rings. The molecule has 0 amide bonds. The Bertz CT molecular complexity index is 384. The number of carbonyl (C=O) groups excluding carboxylic acids is 1. The quantitative estimate of drug-likeness (QED) is 0.707. The Hall–Kier alpha value is -1.38. The van der Waals surface area contributed by atoms with Gasteiger partial charge in [0.1, 0.15) is 0 Å². The zero-order valence-electron chi connectivity index (χ0n) is 9.87. The molecule has 0 atom stereocenters. The van der Waals surface area contributed by atoms with Gasteiger partial charge in [-0.15, -0.1) is 0 Å². The molecule has 0 bridgehead atoms. The van der Waals surface area contributed by atoms with E-state index in [1.807, 2.05) is 27.0 Å². The molecule has 0 saturated carbocycles. The standard InChI is InChI=1S/C12H18N2O/c1-5-10-7-11(14(4)13-10)8-12(15)6-9(2)3/h6-7H,5,8H2,1-4H3. The first-order valence-electron chi connectivity index (χ1n) is 5.22. The average molecular weight is 206 g/mol. The first kappa shape index (κ1) is 11.7. The lowest BCUT2D eigenvalue weighted by atomic mass is 10.1. The van der Waals surface area contributed by atoms with Crippen LogP contribution in [0.3, 0.4) is 0 Å². The van der Waals surface area contributed by atoms with E-state index < -0.39 is 0 Å². The van der Waals surface area contributed by atoms with Gasteiger partial charge in [-0.1, -0.05) is 12.5 Å². The van der Waals surface area contributed by atoms with Crippen molar-refractivity contribution in [3.05, 3.63) is 29.1 Å². The largest absolute Gasteiger partial charge is 0.294 e. The molecule has 0 spiro atoms. The van der Waals surface area contributed by atoms with Crippen LogP contribution in [0.5, 0.6) is 0 Å². The number of hydrogen-bond donors (Lipinski definition) is 0. The van der Waals surface area contributed by atoms with Gasteiger partial charge in [0.2, 0.25) is 0 Å². The fourth-order valence-electron chi connectivity index (χ4n) is 1.46. The van der Waals surface area contributed by atoms with E-state index in [2.05, 4.69) is 12.0 Å². The molecule has 0 N–H and O–H groups in total. The number of hydrogen-bond acceptors (Lipinski definition) is 2. The highest BCUT2D eigenvalue weighted by molar-refractivity contribution is 5.91. The molecule has 0 saturated heterocycles. The lowest BCUT2D eigenvalue weighted by Gasteiger charge is -1.98. The molecule has 0 aliphatic heterocycles. The van der Waals surface area contributed by atoms with Crippen LogP contribution in [0.4, 0.5) is 0 Å². The third kappa shape index (κ3) is 3.35. The fraction of sp³-hybridized carbons (Fsp3) is 0.500. The maximum absolute atomic E-state index is 11.6. The Kier molecular flexibility index (Phi) is 3.83. The minimum atomic E-state index is 0.139. The minimum absolute atomic E-state index is 0.139. The summed E-state index contributed by atoms with van der Waals surface area (Å²) in [6.07, 6.45) is 3.03. The molecular weight excluding hydrogens is 188 g/mol. The molecule has 1 aromatic heterocycles. The second kappa shape index (κ2) is 4.91. The van der Waals surface area contributed by atoms with E-state index in [1.54, 1.807) is 10.8 Å². The Morgan fingerprint density at radius 1 is 1.53 bits per heavy atom. The first-order valence-corrected chi connectivity index (χ1v) is 5.22. The lowest BCUT2D eigenvalue weighted by molar-refractivity contribution is -0.114. The van der Waals surface area contributed by atoms with Crippen molar-refractivity contribution < 1.29 is 4.79 Å². The topological polar surface area (TPSA) is 34.9 Å². The van der Waals surface area contributed by atoms with Crippen LogP contribution in [0.1, 0.15) is 32.2 Å². The number of rotatable bonds is 4. The molecule has 1 heterocycles. The van der Waals surface area contributed by atoms with Gasteiger partial charge in [-0.25, -0.2) is 0 Å². The van der Waals surface area contributed by atoms with E-state index in [4.69, 9.17) is 0 Å². The number of carbonyl (C=O) groups is 1. The van der Waals surface area contributed by atoms with Crippen molar-refractivity contribution in [3.8, 4) is 0 Å². The van der Waals surface area contributed by atoms with E-state index >= 15 is 0 Å². The van der Waals surface area contributed by atoms with Gasteiger partial charge in [-0.3, -0.25) is 9.48 Å². The SMILES string of the molecule is CCc1cc(CC(=O)C=C(C)C)n(C)n1. The highest BCUT2D eigenvalue weighted by Gasteiger charge is 2.07. The normalized spacial score (nSPS) is 10.1. The summed E-state index contributed by atoms with van der Waals surface area (Å²) >= 11 is 0. The number of ketones is 1. The van der Waals surface area contributed by atoms with Crippen LogP contribution in [0.2, 0.25) is 0 Å². The summed E-state index contributed by atoms with van der Waals surface area (Å²) in [4.78, 5) is 11.6. The highest BCUT2D eigenvalue weighted by Crippen LogP contribution is 2.06. The van der Waals surface area contributed by atoms with Crippen molar-refractivity contribution in [2.45, 2.75) is 33.6 Å². The van der Waals surface area contributed by atoms with E-state index in [-0.39, 0.29) is 5.78 Å². The van der Waals surface area contributed by atoms with Gasteiger partial charge in [-0.05, 0) is 32.4 Å². The second-order valence-corrected chi connectivity index (χ2v) is 3.97. The third-order valence-corrected chi connectivity index (χ3v) is 2.19. The Morgan fingerprint density at radius 3 is 2.67 bits per heavy atom. The zero-order chi connectivity index (χ0) is 11.4. The zero-order valence-corrected chi connectivity index (χ0v) is 9.87. The monoisotopic (exact) mass is 206 g/mol. The molecule has 3 nitrogen and oxygen atoms in total. The Labute approximate surface area is 90.8 Å². The predicted molar refractivity (Wildman–Crippen MR) is 60.7 cm³/mol. The molecule has 1 rings (SSSR count). The maximum atomic E-state index is 11.6. The molecule has 0 radical (unpaired) electrons. The Balaban J connectivity index is 2.76. The van der Waals surface area contributed by atoms with Crippen LogP contribution in [0.15, 0.2) is 17.7 Å². The van der Waals surface area contributed by atoms with Crippen molar-refractivity contribution in [3.63, 3.8) is 0 Å². The van der Waals surface area contributed by atoms with Gasteiger partial charge in [0.25, 0.3) is 0 Å². The van der Waals surface area contributed by atoms with E-state index in [9.17, 15) is 4.79 Å². The number of aromatic nitrogens is 2. The molecule has 0 aliphatic rings. The summed E-state index contributed by atoms with van der Waals surface area (Å²) in [7, 11) is 1.88. The van der Waals surface area contributed by atoms with Crippen LogP contribution in [0.25, 0.3) is 0 Å². The molecule has 82 valence electrons. The summed E-state index contributed by atoms with van der Waals surface area (Å²) in [5, 5.41) is 4.31. The van der Waals surface area contributed by atoms with Gasteiger partial charge >= 0.3 is 0 Å². The van der Waals surface area contributed by atoms with Crippen molar-refractivity contribution in [1.29, 1.82) is 0 Å². The molecule has 0 fully saturated rings. The third-order valence-electron chi connectivity index (χ3n) is 2.19.